The van der Waals surface area contributed by atoms with E-state index in [4.69, 9.17) is 0 Å². The summed E-state index contributed by atoms with van der Waals surface area (Å²) in [6.07, 6.45) is 1.24. The fourth-order valence-electron chi connectivity index (χ4n) is 1.98. The summed E-state index contributed by atoms with van der Waals surface area (Å²) in [6, 6.07) is 0.657. The molecule has 0 aromatic heterocycles. The van der Waals surface area contributed by atoms with Crippen LogP contribution in [0, 0.1) is 0 Å². The van der Waals surface area contributed by atoms with Crippen molar-refractivity contribution in [1.82, 2.24) is 10.2 Å². The summed E-state index contributed by atoms with van der Waals surface area (Å²) in [6.45, 7) is 12.7. The molecule has 0 aliphatic carbocycles. The highest BCUT2D eigenvalue weighted by atomic mass is 15.3. The maximum Gasteiger partial charge on any atom is 0.0303 e. The quantitative estimate of drug-likeness (QED) is 0.675. The molecule has 72 valence electrons. The zero-order valence-corrected chi connectivity index (χ0v) is 8.85. The molecule has 1 saturated heterocycles. The Balaban J connectivity index is 2.62. The molecule has 1 fully saturated rings. The van der Waals surface area contributed by atoms with Gasteiger partial charge in [-0.25, -0.2) is 0 Å². The van der Waals surface area contributed by atoms with Gasteiger partial charge in [0.05, 0.1) is 0 Å². The van der Waals surface area contributed by atoms with E-state index in [9.17, 15) is 0 Å². The molecule has 1 N–H and O–H groups in total. The van der Waals surface area contributed by atoms with E-state index in [2.05, 4.69) is 37.9 Å². The van der Waals surface area contributed by atoms with E-state index >= 15 is 0 Å². The summed E-state index contributed by atoms with van der Waals surface area (Å²) in [4.78, 5) is 2.59. The zero-order valence-electron chi connectivity index (χ0n) is 8.85. The van der Waals surface area contributed by atoms with Crippen molar-refractivity contribution in [3.63, 3.8) is 0 Å². The Morgan fingerprint density at radius 1 is 1.50 bits per heavy atom. The van der Waals surface area contributed by atoms with Crippen molar-refractivity contribution in [2.24, 2.45) is 0 Å². The predicted molar refractivity (Wildman–Crippen MR) is 53.4 cm³/mol. The standard InChI is InChI=1S/C10H22N2/c1-5-10(4)8-11-9(3)7-12(10)6-2/h9,11H,5-8H2,1-4H3. The van der Waals surface area contributed by atoms with Crippen molar-refractivity contribution in [1.29, 1.82) is 0 Å². The second-order valence-corrected chi connectivity index (χ2v) is 4.17. The molecule has 2 unspecified atom stereocenters. The van der Waals surface area contributed by atoms with Crippen LogP contribution in [-0.2, 0) is 0 Å². The Bertz CT molecular complexity index is 147. The zero-order chi connectivity index (χ0) is 9.19. The lowest BCUT2D eigenvalue weighted by atomic mass is 9.92. The molecule has 0 saturated carbocycles. The van der Waals surface area contributed by atoms with Crippen molar-refractivity contribution < 1.29 is 0 Å². The first kappa shape index (κ1) is 10.0. The van der Waals surface area contributed by atoms with Crippen LogP contribution in [0.1, 0.15) is 34.1 Å². The van der Waals surface area contributed by atoms with Crippen LogP contribution in [0.15, 0.2) is 0 Å². The number of piperazine rings is 1. The van der Waals surface area contributed by atoms with Crippen LogP contribution in [0.2, 0.25) is 0 Å². The third-order valence-electron chi connectivity index (χ3n) is 3.23. The van der Waals surface area contributed by atoms with Crippen molar-refractivity contribution in [3.8, 4) is 0 Å². The van der Waals surface area contributed by atoms with E-state index in [1.165, 1.54) is 19.5 Å². The molecule has 1 heterocycles. The van der Waals surface area contributed by atoms with Gasteiger partial charge in [0.1, 0.15) is 0 Å². The molecule has 2 heteroatoms. The van der Waals surface area contributed by atoms with Gasteiger partial charge in [-0.05, 0) is 26.8 Å². The number of nitrogens with zero attached hydrogens (tertiary/aromatic N) is 1. The third kappa shape index (κ3) is 1.80. The molecule has 0 spiro atoms. The molecule has 0 aromatic carbocycles. The fraction of sp³-hybridized carbons (Fsp3) is 1.00. The van der Waals surface area contributed by atoms with Gasteiger partial charge in [0, 0.05) is 24.7 Å². The van der Waals surface area contributed by atoms with Gasteiger partial charge in [0.15, 0.2) is 0 Å². The summed E-state index contributed by atoms with van der Waals surface area (Å²) in [5, 5.41) is 3.55. The number of hydrogen-bond donors (Lipinski definition) is 1. The Morgan fingerprint density at radius 3 is 2.67 bits per heavy atom. The second-order valence-electron chi connectivity index (χ2n) is 4.17. The maximum absolute atomic E-state index is 3.55. The first-order chi connectivity index (χ1) is 5.62. The lowest BCUT2D eigenvalue weighted by molar-refractivity contribution is 0.0582. The van der Waals surface area contributed by atoms with Gasteiger partial charge in [0.25, 0.3) is 0 Å². The minimum atomic E-state index is 0.390. The van der Waals surface area contributed by atoms with E-state index in [0.717, 1.165) is 6.54 Å². The maximum atomic E-state index is 3.55. The van der Waals surface area contributed by atoms with Crippen LogP contribution in [0.4, 0.5) is 0 Å². The Labute approximate surface area is 76.3 Å². The summed E-state index contributed by atoms with van der Waals surface area (Å²) in [7, 11) is 0. The summed E-state index contributed by atoms with van der Waals surface area (Å²) >= 11 is 0. The molecular weight excluding hydrogens is 148 g/mol. The van der Waals surface area contributed by atoms with Crippen molar-refractivity contribution in [2.75, 3.05) is 19.6 Å². The molecule has 1 rings (SSSR count). The first-order valence-corrected chi connectivity index (χ1v) is 5.11. The fourth-order valence-corrected chi connectivity index (χ4v) is 1.98. The van der Waals surface area contributed by atoms with Gasteiger partial charge in [-0.15, -0.1) is 0 Å². The molecule has 0 amide bonds. The number of rotatable bonds is 2. The Kier molecular flexibility index (Phi) is 3.13. The molecule has 0 aromatic rings. The third-order valence-corrected chi connectivity index (χ3v) is 3.23. The average molecular weight is 170 g/mol. The van der Waals surface area contributed by atoms with Crippen LogP contribution < -0.4 is 5.32 Å². The van der Waals surface area contributed by atoms with Crippen LogP contribution >= 0.6 is 0 Å². The lowest BCUT2D eigenvalue weighted by Crippen LogP contribution is -2.62. The van der Waals surface area contributed by atoms with Gasteiger partial charge in [0.2, 0.25) is 0 Å². The lowest BCUT2D eigenvalue weighted by Gasteiger charge is -2.46. The summed E-state index contributed by atoms with van der Waals surface area (Å²) in [5.41, 5.74) is 0.390. The van der Waals surface area contributed by atoms with Gasteiger partial charge < -0.3 is 5.32 Å². The molecule has 0 radical (unpaired) electrons. The van der Waals surface area contributed by atoms with Crippen LogP contribution in [0.3, 0.4) is 0 Å². The minimum Gasteiger partial charge on any atom is -0.311 e. The van der Waals surface area contributed by atoms with E-state index in [1.54, 1.807) is 0 Å². The van der Waals surface area contributed by atoms with Crippen molar-refractivity contribution in [3.05, 3.63) is 0 Å². The topological polar surface area (TPSA) is 15.3 Å². The normalized spacial score (nSPS) is 38.5. The largest absolute Gasteiger partial charge is 0.311 e. The number of likely N-dealkylation sites (N-methyl/N-ethyl adjacent to an activating group) is 1. The number of nitrogens with one attached hydrogen (secondary N) is 1. The monoisotopic (exact) mass is 170 g/mol. The van der Waals surface area contributed by atoms with Crippen LogP contribution in [-0.4, -0.2) is 36.1 Å². The van der Waals surface area contributed by atoms with Gasteiger partial charge in [-0.1, -0.05) is 13.8 Å². The highest BCUT2D eigenvalue weighted by Gasteiger charge is 2.33. The average Bonchev–Trinajstić information content (AvgIpc) is 2.09. The first-order valence-electron chi connectivity index (χ1n) is 5.11. The van der Waals surface area contributed by atoms with Crippen molar-refractivity contribution >= 4 is 0 Å². The highest BCUT2D eigenvalue weighted by molar-refractivity contribution is 4.93. The molecule has 1 aliphatic heterocycles. The van der Waals surface area contributed by atoms with Crippen LogP contribution in [0.5, 0.6) is 0 Å². The van der Waals surface area contributed by atoms with Crippen LogP contribution in [0.25, 0.3) is 0 Å². The molecular formula is C10H22N2. The van der Waals surface area contributed by atoms with E-state index in [1.807, 2.05) is 0 Å². The van der Waals surface area contributed by atoms with Gasteiger partial charge >= 0.3 is 0 Å². The smallest absolute Gasteiger partial charge is 0.0303 e. The van der Waals surface area contributed by atoms with E-state index in [-0.39, 0.29) is 0 Å². The number of hydrogen-bond acceptors (Lipinski definition) is 2. The molecule has 2 atom stereocenters. The summed E-state index contributed by atoms with van der Waals surface area (Å²) < 4.78 is 0. The van der Waals surface area contributed by atoms with E-state index in [0.29, 0.717) is 11.6 Å². The molecule has 0 bridgehead atoms. The Morgan fingerprint density at radius 2 is 2.17 bits per heavy atom. The van der Waals surface area contributed by atoms with Gasteiger partial charge in [-0.2, -0.15) is 0 Å². The molecule has 2 nitrogen and oxygen atoms in total. The highest BCUT2D eigenvalue weighted by Crippen LogP contribution is 2.21. The Hall–Kier alpha value is -0.0800. The van der Waals surface area contributed by atoms with Crippen molar-refractivity contribution in [2.45, 2.75) is 45.7 Å². The van der Waals surface area contributed by atoms with Gasteiger partial charge in [-0.3, -0.25) is 4.90 Å². The van der Waals surface area contributed by atoms with E-state index < -0.39 is 0 Å². The SMILES string of the molecule is CCN1CC(C)NCC1(C)CC. The minimum absolute atomic E-state index is 0.390. The molecule has 12 heavy (non-hydrogen) atoms. The second kappa shape index (κ2) is 3.75. The summed E-state index contributed by atoms with van der Waals surface area (Å²) in [5.74, 6) is 0. The molecule has 1 aliphatic rings. The predicted octanol–water partition coefficient (Wildman–Crippen LogP) is 1.47.